The molecule has 0 atom stereocenters. The highest BCUT2D eigenvalue weighted by molar-refractivity contribution is 7.99. The molecular formula is C14H11ClN4OS. The van der Waals surface area contributed by atoms with Crippen LogP contribution in [0.3, 0.4) is 0 Å². The molecule has 3 aromatic rings. The summed E-state index contributed by atoms with van der Waals surface area (Å²) < 4.78 is 0. The second-order valence-electron chi connectivity index (χ2n) is 4.29. The summed E-state index contributed by atoms with van der Waals surface area (Å²) >= 11 is 7.59. The lowest BCUT2D eigenvalue weighted by Crippen LogP contribution is -2.13. The van der Waals surface area contributed by atoms with E-state index < -0.39 is 0 Å². The van der Waals surface area contributed by atoms with Crippen molar-refractivity contribution in [3.8, 4) is 0 Å². The number of H-pyrrole nitrogens is 1. The molecule has 0 radical (unpaired) electrons. The fourth-order valence-electron chi connectivity index (χ4n) is 1.91. The number of amidine groups is 1. The second kappa shape index (κ2) is 5.67. The zero-order valence-electron chi connectivity index (χ0n) is 10.7. The third kappa shape index (κ3) is 2.81. The minimum absolute atomic E-state index is 0.0136. The van der Waals surface area contributed by atoms with Crippen molar-refractivity contribution in [3.63, 3.8) is 0 Å². The van der Waals surface area contributed by atoms with Crippen LogP contribution in [0.1, 0.15) is 5.56 Å². The van der Waals surface area contributed by atoms with Gasteiger partial charge in [-0.2, -0.15) is 0 Å². The number of aromatic nitrogens is 2. The van der Waals surface area contributed by atoms with Crippen LogP contribution in [0.25, 0.3) is 11.0 Å². The summed E-state index contributed by atoms with van der Waals surface area (Å²) in [7, 11) is 0. The lowest BCUT2D eigenvalue weighted by Gasteiger charge is -2.04. The molecule has 0 aliphatic carbocycles. The number of hydrogen-bond donors (Lipinski definition) is 3. The number of aromatic amines is 1. The van der Waals surface area contributed by atoms with Crippen LogP contribution < -0.4 is 5.73 Å². The molecule has 7 heteroatoms. The fraction of sp³-hybridized carbons (Fsp3) is 0. The first-order chi connectivity index (χ1) is 10.2. The third-order valence-electron chi connectivity index (χ3n) is 2.91. The van der Waals surface area contributed by atoms with Gasteiger partial charge in [0.05, 0.1) is 16.1 Å². The molecule has 2 aromatic carbocycles. The Morgan fingerprint density at radius 3 is 2.81 bits per heavy atom. The van der Waals surface area contributed by atoms with Gasteiger partial charge in [-0.1, -0.05) is 40.7 Å². The van der Waals surface area contributed by atoms with Crippen LogP contribution >= 0.6 is 23.4 Å². The van der Waals surface area contributed by atoms with Crippen LogP contribution in [0.2, 0.25) is 5.02 Å². The van der Waals surface area contributed by atoms with Gasteiger partial charge in [-0.05, 0) is 30.3 Å². The maximum Gasteiger partial charge on any atom is 0.171 e. The summed E-state index contributed by atoms with van der Waals surface area (Å²) in [5.74, 6) is -0.0136. The number of nitrogens with one attached hydrogen (secondary N) is 1. The Balaban J connectivity index is 1.89. The number of oxime groups is 1. The third-order valence-corrected chi connectivity index (χ3v) is 4.10. The molecule has 0 bridgehead atoms. The van der Waals surface area contributed by atoms with E-state index in [9.17, 15) is 0 Å². The zero-order valence-corrected chi connectivity index (χ0v) is 12.3. The highest BCUT2D eigenvalue weighted by Gasteiger charge is 2.09. The molecule has 3 rings (SSSR count). The first kappa shape index (κ1) is 13.8. The number of nitrogens with zero attached hydrogens (tertiary/aromatic N) is 2. The fourth-order valence-corrected chi connectivity index (χ4v) is 3.09. The Kier molecular flexibility index (Phi) is 3.72. The Labute approximate surface area is 129 Å². The highest BCUT2D eigenvalue weighted by atomic mass is 35.5. The van der Waals surface area contributed by atoms with E-state index in [2.05, 4.69) is 15.1 Å². The van der Waals surface area contributed by atoms with Gasteiger partial charge in [-0.3, -0.25) is 0 Å². The summed E-state index contributed by atoms with van der Waals surface area (Å²) in [6, 6.07) is 13.1. The molecule has 0 amide bonds. The Morgan fingerprint density at radius 2 is 2.10 bits per heavy atom. The predicted molar refractivity (Wildman–Crippen MR) is 84.2 cm³/mol. The van der Waals surface area contributed by atoms with Crippen molar-refractivity contribution in [3.05, 3.63) is 53.1 Å². The van der Waals surface area contributed by atoms with Gasteiger partial charge in [-0.25, -0.2) is 4.98 Å². The Morgan fingerprint density at radius 1 is 1.29 bits per heavy atom. The topological polar surface area (TPSA) is 87.3 Å². The first-order valence-corrected chi connectivity index (χ1v) is 7.27. The number of benzene rings is 2. The molecule has 0 saturated carbocycles. The molecule has 0 unspecified atom stereocenters. The molecule has 1 aromatic heterocycles. The summed E-state index contributed by atoms with van der Waals surface area (Å²) in [6.45, 7) is 0. The lowest BCUT2D eigenvalue weighted by molar-refractivity contribution is 0.318. The number of fused-ring (bicyclic) bond motifs is 1. The van der Waals surface area contributed by atoms with Crippen molar-refractivity contribution in [2.24, 2.45) is 10.9 Å². The smallest absolute Gasteiger partial charge is 0.171 e. The summed E-state index contributed by atoms with van der Waals surface area (Å²) in [4.78, 5) is 8.63. The van der Waals surface area contributed by atoms with E-state index in [-0.39, 0.29) is 5.84 Å². The lowest BCUT2D eigenvalue weighted by atomic mass is 10.2. The Bertz CT molecular complexity index is 798. The van der Waals surface area contributed by atoms with Crippen molar-refractivity contribution in [1.82, 2.24) is 9.97 Å². The minimum atomic E-state index is -0.0136. The maximum absolute atomic E-state index is 8.68. The molecule has 0 aliphatic heterocycles. The van der Waals surface area contributed by atoms with Gasteiger partial charge in [0, 0.05) is 10.5 Å². The number of imidazole rings is 1. The van der Waals surface area contributed by atoms with E-state index >= 15 is 0 Å². The van der Waals surface area contributed by atoms with Crippen molar-refractivity contribution in [2.75, 3.05) is 0 Å². The second-order valence-corrected chi connectivity index (χ2v) is 5.76. The molecule has 106 valence electrons. The largest absolute Gasteiger partial charge is 0.409 e. The summed E-state index contributed by atoms with van der Waals surface area (Å²) in [5.41, 5.74) is 7.93. The van der Waals surface area contributed by atoms with E-state index in [1.54, 1.807) is 12.1 Å². The van der Waals surface area contributed by atoms with Gasteiger partial charge in [0.2, 0.25) is 0 Å². The van der Waals surface area contributed by atoms with Crippen LogP contribution in [0.15, 0.2) is 57.7 Å². The molecule has 0 fully saturated rings. The van der Waals surface area contributed by atoms with Crippen molar-refractivity contribution >= 4 is 40.2 Å². The summed E-state index contributed by atoms with van der Waals surface area (Å²) in [6.07, 6.45) is 0. The van der Waals surface area contributed by atoms with Gasteiger partial charge in [-0.15, -0.1) is 0 Å². The number of rotatable bonds is 3. The molecule has 4 N–H and O–H groups in total. The molecule has 5 nitrogen and oxygen atoms in total. The molecule has 0 saturated heterocycles. The van der Waals surface area contributed by atoms with E-state index in [1.165, 1.54) is 11.8 Å². The number of halogens is 1. The number of hydrogen-bond acceptors (Lipinski definition) is 4. The predicted octanol–water partition coefficient (Wildman–Crippen LogP) is 3.46. The maximum atomic E-state index is 8.68. The van der Waals surface area contributed by atoms with E-state index in [0.29, 0.717) is 10.6 Å². The molecular weight excluding hydrogens is 308 g/mol. The van der Waals surface area contributed by atoms with Gasteiger partial charge < -0.3 is 15.9 Å². The Hall–Kier alpha value is -2.18. The average molecular weight is 319 g/mol. The molecule has 21 heavy (non-hydrogen) atoms. The number of para-hydroxylation sites is 2. The van der Waals surface area contributed by atoms with Crippen molar-refractivity contribution in [2.45, 2.75) is 10.1 Å². The molecule has 0 aliphatic rings. The zero-order chi connectivity index (χ0) is 14.8. The van der Waals surface area contributed by atoms with Crippen molar-refractivity contribution < 1.29 is 5.21 Å². The molecule has 0 spiro atoms. The monoisotopic (exact) mass is 318 g/mol. The van der Waals surface area contributed by atoms with Gasteiger partial charge in [0.15, 0.2) is 11.0 Å². The normalized spacial score (nSPS) is 12.0. The molecule has 1 heterocycles. The number of nitrogens with two attached hydrogens (primary N) is 1. The SMILES string of the molecule is NC(=NO)c1ccc(Sc2nc3ccccc3[nH]2)cc1Cl. The summed E-state index contributed by atoms with van der Waals surface area (Å²) in [5, 5.41) is 12.8. The van der Waals surface area contributed by atoms with Crippen molar-refractivity contribution in [1.29, 1.82) is 0 Å². The van der Waals surface area contributed by atoms with Gasteiger partial charge >= 0.3 is 0 Å². The van der Waals surface area contributed by atoms with Crippen LogP contribution in [-0.2, 0) is 0 Å². The highest BCUT2D eigenvalue weighted by Crippen LogP contribution is 2.30. The van der Waals surface area contributed by atoms with E-state index in [0.717, 1.165) is 21.1 Å². The average Bonchev–Trinajstić information content (AvgIpc) is 2.88. The first-order valence-electron chi connectivity index (χ1n) is 6.07. The minimum Gasteiger partial charge on any atom is -0.409 e. The van der Waals surface area contributed by atoms with Gasteiger partial charge in [0.1, 0.15) is 0 Å². The van der Waals surface area contributed by atoms with E-state index in [1.807, 2.05) is 30.3 Å². The van der Waals surface area contributed by atoms with Crippen LogP contribution in [-0.4, -0.2) is 21.0 Å². The van der Waals surface area contributed by atoms with Gasteiger partial charge in [0.25, 0.3) is 0 Å². The standard InChI is InChI=1S/C14H11ClN4OS/c15-10-7-8(5-6-9(10)13(16)19-20)21-14-17-11-3-1-2-4-12(11)18-14/h1-7,20H,(H2,16,19)(H,17,18). The van der Waals surface area contributed by atoms with Crippen LogP contribution in [0.4, 0.5) is 0 Å². The quantitative estimate of drug-likeness (QED) is 0.299. The van der Waals surface area contributed by atoms with Crippen LogP contribution in [0, 0.1) is 0 Å². The van der Waals surface area contributed by atoms with Crippen LogP contribution in [0.5, 0.6) is 0 Å². The van der Waals surface area contributed by atoms with E-state index in [4.69, 9.17) is 22.5 Å².